The maximum atomic E-state index is 13.0. The van der Waals surface area contributed by atoms with Crippen molar-refractivity contribution in [2.75, 3.05) is 13.1 Å². The van der Waals surface area contributed by atoms with Crippen LogP contribution in [0.3, 0.4) is 0 Å². The predicted molar refractivity (Wildman–Crippen MR) is 113 cm³/mol. The van der Waals surface area contributed by atoms with Gasteiger partial charge in [0, 0.05) is 25.6 Å². The standard InChI is InChI=1S/C24H28N2O4/c1-15-4-3-5-21(10-15)30-20-8-6-17(7-9-20)24(29)26-13-18-11-22(25-16(2)27)23(28)12-19(18)14-26/h3-10,18-19,22-23,28H,11-14H2,1-2H3,(H,25,27)/t18-,19+,22-,23-/m1/s1. The number of fused-ring (bicyclic) bond motifs is 1. The zero-order valence-corrected chi connectivity index (χ0v) is 17.4. The molecule has 4 atom stereocenters. The summed E-state index contributed by atoms with van der Waals surface area (Å²) < 4.78 is 5.86. The minimum absolute atomic E-state index is 0.00271. The van der Waals surface area contributed by atoms with Gasteiger partial charge >= 0.3 is 0 Å². The molecule has 0 bridgehead atoms. The molecule has 4 rings (SSSR count). The number of likely N-dealkylation sites (tertiary alicyclic amines) is 1. The Kier molecular flexibility index (Phi) is 5.77. The molecule has 0 spiro atoms. The van der Waals surface area contributed by atoms with Crippen molar-refractivity contribution in [1.29, 1.82) is 0 Å². The second-order valence-corrected chi connectivity index (χ2v) is 8.52. The SMILES string of the molecule is CC(=O)N[C@@H]1C[C@@H]2CN(C(=O)c3ccc(Oc4cccc(C)c4)cc3)C[C@@H]2C[C@H]1O. The molecule has 0 aromatic heterocycles. The Bertz CT molecular complexity index is 927. The number of hydrogen-bond acceptors (Lipinski definition) is 4. The molecule has 1 aliphatic carbocycles. The van der Waals surface area contributed by atoms with Gasteiger partial charge in [-0.2, -0.15) is 0 Å². The minimum atomic E-state index is -0.553. The van der Waals surface area contributed by atoms with Gasteiger partial charge in [0.1, 0.15) is 11.5 Å². The van der Waals surface area contributed by atoms with Crippen LogP contribution < -0.4 is 10.1 Å². The van der Waals surface area contributed by atoms with Crippen molar-refractivity contribution in [3.05, 3.63) is 59.7 Å². The van der Waals surface area contributed by atoms with Crippen molar-refractivity contribution in [2.45, 2.75) is 38.8 Å². The summed E-state index contributed by atoms with van der Waals surface area (Å²) in [5.74, 6) is 1.91. The number of aliphatic hydroxyl groups is 1. The van der Waals surface area contributed by atoms with Gasteiger partial charge < -0.3 is 20.1 Å². The summed E-state index contributed by atoms with van der Waals surface area (Å²) >= 11 is 0. The summed E-state index contributed by atoms with van der Waals surface area (Å²) in [6.45, 7) is 4.79. The zero-order chi connectivity index (χ0) is 21.3. The second kappa shape index (κ2) is 8.48. The van der Waals surface area contributed by atoms with Gasteiger partial charge in [0.15, 0.2) is 0 Å². The molecule has 2 amide bonds. The number of nitrogens with zero attached hydrogens (tertiary/aromatic N) is 1. The Balaban J connectivity index is 1.38. The summed E-state index contributed by atoms with van der Waals surface area (Å²) in [5.41, 5.74) is 1.75. The number of hydrogen-bond donors (Lipinski definition) is 2. The highest BCUT2D eigenvalue weighted by atomic mass is 16.5. The summed E-state index contributed by atoms with van der Waals surface area (Å²) in [7, 11) is 0. The lowest BCUT2D eigenvalue weighted by atomic mass is 9.77. The number of carbonyl (C=O) groups is 2. The quantitative estimate of drug-likeness (QED) is 0.815. The van der Waals surface area contributed by atoms with Crippen LogP contribution in [0, 0.1) is 18.8 Å². The maximum Gasteiger partial charge on any atom is 0.253 e. The summed E-state index contributed by atoms with van der Waals surface area (Å²) in [6.07, 6.45) is 0.768. The molecule has 1 saturated carbocycles. The largest absolute Gasteiger partial charge is 0.457 e. The average molecular weight is 408 g/mol. The molecule has 0 radical (unpaired) electrons. The highest BCUT2D eigenvalue weighted by molar-refractivity contribution is 5.94. The molecule has 1 heterocycles. The van der Waals surface area contributed by atoms with Crippen LogP contribution in [0.15, 0.2) is 48.5 Å². The lowest BCUT2D eigenvalue weighted by Gasteiger charge is -2.35. The first kappa shape index (κ1) is 20.4. The highest BCUT2D eigenvalue weighted by Gasteiger charge is 2.43. The van der Waals surface area contributed by atoms with Gasteiger partial charge in [-0.15, -0.1) is 0 Å². The Morgan fingerprint density at radius 2 is 1.73 bits per heavy atom. The molecule has 158 valence electrons. The molecular formula is C24H28N2O4. The topological polar surface area (TPSA) is 78.9 Å². The fraction of sp³-hybridized carbons (Fsp3) is 0.417. The smallest absolute Gasteiger partial charge is 0.253 e. The lowest BCUT2D eigenvalue weighted by molar-refractivity contribution is -0.121. The first-order valence-corrected chi connectivity index (χ1v) is 10.5. The van der Waals surface area contributed by atoms with Crippen LogP contribution in [-0.2, 0) is 4.79 Å². The van der Waals surface area contributed by atoms with E-state index in [1.807, 2.05) is 48.2 Å². The fourth-order valence-electron chi connectivity index (χ4n) is 4.68. The zero-order valence-electron chi connectivity index (χ0n) is 17.4. The molecule has 2 aliphatic rings. The Morgan fingerprint density at radius 3 is 2.40 bits per heavy atom. The minimum Gasteiger partial charge on any atom is -0.457 e. The van der Waals surface area contributed by atoms with Gasteiger partial charge in [-0.05, 0) is 73.6 Å². The molecule has 1 saturated heterocycles. The number of ether oxygens (including phenoxy) is 1. The van der Waals surface area contributed by atoms with E-state index in [1.54, 1.807) is 12.1 Å². The number of amides is 2. The van der Waals surface area contributed by atoms with Crippen molar-refractivity contribution >= 4 is 11.8 Å². The van der Waals surface area contributed by atoms with Crippen LogP contribution in [0.1, 0.15) is 35.7 Å². The van der Waals surface area contributed by atoms with Crippen LogP contribution in [-0.4, -0.2) is 47.1 Å². The van der Waals surface area contributed by atoms with Crippen LogP contribution in [0.2, 0.25) is 0 Å². The van der Waals surface area contributed by atoms with E-state index in [0.717, 1.165) is 11.3 Å². The average Bonchev–Trinajstić information content (AvgIpc) is 3.10. The van der Waals surface area contributed by atoms with Crippen LogP contribution >= 0.6 is 0 Å². The van der Waals surface area contributed by atoms with Crippen molar-refractivity contribution in [3.63, 3.8) is 0 Å². The predicted octanol–water partition coefficient (Wildman–Crippen LogP) is 3.13. The van der Waals surface area contributed by atoms with E-state index < -0.39 is 6.10 Å². The molecule has 2 aromatic rings. The number of benzene rings is 2. The van der Waals surface area contributed by atoms with E-state index in [1.165, 1.54) is 6.92 Å². The Labute approximate surface area is 176 Å². The van der Waals surface area contributed by atoms with Gasteiger partial charge in [-0.25, -0.2) is 0 Å². The lowest BCUT2D eigenvalue weighted by Crippen LogP contribution is -2.48. The third-order valence-corrected chi connectivity index (χ3v) is 6.14. The summed E-state index contributed by atoms with van der Waals surface area (Å²) in [5, 5.41) is 13.2. The van der Waals surface area contributed by atoms with Gasteiger partial charge in [-0.1, -0.05) is 12.1 Å². The molecule has 2 aromatic carbocycles. The van der Waals surface area contributed by atoms with Crippen LogP contribution in [0.4, 0.5) is 0 Å². The van der Waals surface area contributed by atoms with E-state index in [2.05, 4.69) is 5.32 Å². The third kappa shape index (κ3) is 4.49. The first-order valence-electron chi connectivity index (χ1n) is 10.5. The van der Waals surface area contributed by atoms with Gasteiger partial charge in [-0.3, -0.25) is 9.59 Å². The van der Waals surface area contributed by atoms with E-state index >= 15 is 0 Å². The van der Waals surface area contributed by atoms with E-state index in [0.29, 0.717) is 43.2 Å². The second-order valence-electron chi connectivity index (χ2n) is 8.52. The monoisotopic (exact) mass is 408 g/mol. The van der Waals surface area contributed by atoms with Crippen molar-refractivity contribution < 1.29 is 19.4 Å². The van der Waals surface area contributed by atoms with Crippen molar-refractivity contribution in [3.8, 4) is 11.5 Å². The normalized spacial score (nSPS) is 25.5. The van der Waals surface area contributed by atoms with Crippen molar-refractivity contribution in [1.82, 2.24) is 10.2 Å². The number of nitrogens with one attached hydrogen (secondary N) is 1. The first-order chi connectivity index (χ1) is 14.4. The maximum absolute atomic E-state index is 13.0. The number of carbonyl (C=O) groups excluding carboxylic acids is 2. The number of aliphatic hydroxyl groups excluding tert-OH is 1. The van der Waals surface area contributed by atoms with E-state index in [4.69, 9.17) is 4.74 Å². The fourth-order valence-corrected chi connectivity index (χ4v) is 4.68. The summed E-state index contributed by atoms with van der Waals surface area (Å²) in [4.78, 5) is 26.2. The molecule has 0 unspecified atom stereocenters. The Hall–Kier alpha value is -2.86. The van der Waals surface area contributed by atoms with Crippen molar-refractivity contribution in [2.24, 2.45) is 11.8 Å². The molecule has 1 aliphatic heterocycles. The van der Waals surface area contributed by atoms with E-state index in [9.17, 15) is 14.7 Å². The van der Waals surface area contributed by atoms with E-state index in [-0.39, 0.29) is 23.8 Å². The molecule has 6 heteroatoms. The van der Waals surface area contributed by atoms with Crippen LogP contribution in [0.5, 0.6) is 11.5 Å². The summed E-state index contributed by atoms with van der Waals surface area (Å²) in [6, 6.07) is 14.8. The number of rotatable bonds is 4. The number of aryl methyl sites for hydroxylation is 1. The van der Waals surface area contributed by atoms with Crippen LogP contribution in [0.25, 0.3) is 0 Å². The molecule has 2 fully saturated rings. The molecule has 2 N–H and O–H groups in total. The van der Waals surface area contributed by atoms with Gasteiger partial charge in [0.2, 0.25) is 5.91 Å². The molecule has 30 heavy (non-hydrogen) atoms. The third-order valence-electron chi connectivity index (χ3n) is 6.14. The molecular weight excluding hydrogens is 380 g/mol. The molecule has 6 nitrogen and oxygen atoms in total. The highest BCUT2D eigenvalue weighted by Crippen LogP contribution is 2.37. The van der Waals surface area contributed by atoms with Gasteiger partial charge in [0.05, 0.1) is 12.1 Å². The van der Waals surface area contributed by atoms with Gasteiger partial charge in [0.25, 0.3) is 5.91 Å². The Morgan fingerprint density at radius 1 is 1.03 bits per heavy atom.